The van der Waals surface area contributed by atoms with E-state index in [9.17, 15) is 9.90 Å². The molecule has 5 atom stereocenters. The zero-order chi connectivity index (χ0) is 28.1. The molecule has 0 aliphatic heterocycles. The van der Waals surface area contributed by atoms with Crippen molar-refractivity contribution in [3.8, 4) is 5.75 Å². The minimum Gasteiger partial charge on any atom is -0.508 e. The lowest BCUT2D eigenvalue weighted by Gasteiger charge is -2.51. The van der Waals surface area contributed by atoms with Crippen molar-refractivity contribution in [2.75, 3.05) is 6.54 Å². The Hall–Kier alpha value is -2.89. The molecule has 214 valence electrons. The van der Waals surface area contributed by atoms with Gasteiger partial charge in [0, 0.05) is 41.9 Å². The molecule has 6 rings (SSSR count). The topological polar surface area (TPSA) is 65.1 Å². The number of hydrogen-bond donors (Lipinski definition) is 3. The van der Waals surface area contributed by atoms with E-state index in [2.05, 4.69) is 35.4 Å². The largest absolute Gasteiger partial charge is 0.508 e. The van der Waals surface area contributed by atoms with Crippen LogP contribution in [-0.4, -0.2) is 28.5 Å². The molecule has 3 aliphatic carbocycles. The lowest BCUT2D eigenvalue weighted by atomic mass is 9.53. The molecule has 3 N–H and O–H groups in total. The average molecular weight is 549 g/mol. The first-order valence-corrected chi connectivity index (χ1v) is 15.2. The van der Waals surface area contributed by atoms with Gasteiger partial charge < -0.3 is 15.4 Å². The number of aryl methyl sites for hydroxylation is 2. The maximum Gasteiger partial charge on any atom is 0.253 e. The van der Waals surface area contributed by atoms with E-state index in [0.29, 0.717) is 31.1 Å². The zero-order valence-electron chi connectivity index (χ0n) is 23.7. The SMILES string of the molecule is Cc1cccc2c(CCNC(=O)CCCCC3CC(F)(F)[C@@]4(C)CC[C@@H]5c6ccc(O)cc6CC[C@H]5[C@H]34)c[nH]c12. The van der Waals surface area contributed by atoms with Crippen LogP contribution >= 0.6 is 0 Å². The predicted octanol–water partition coefficient (Wildman–Crippen LogP) is 7.82. The highest BCUT2D eigenvalue weighted by molar-refractivity contribution is 5.86. The highest BCUT2D eigenvalue weighted by Gasteiger charge is 2.67. The van der Waals surface area contributed by atoms with Crippen molar-refractivity contribution in [3.05, 3.63) is 64.8 Å². The van der Waals surface area contributed by atoms with Crippen molar-refractivity contribution in [2.45, 2.75) is 89.9 Å². The van der Waals surface area contributed by atoms with E-state index in [1.54, 1.807) is 6.07 Å². The maximum absolute atomic E-state index is 15.5. The van der Waals surface area contributed by atoms with Gasteiger partial charge >= 0.3 is 0 Å². The van der Waals surface area contributed by atoms with Crippen LogP contribution in [0.3, 0.4) is 0 Å². The fourth-order valence-corrected chi connectivity index (χ4v) is 8.77. The van der Waals surface area contributed by atoms with Crippen molar-refractivity contribution < 1.29 is 18.7 Å². The van der Waals surface area contributed by atoms with Crippen molar-refractivity contribution in [1.29, 1.82) is 0 Å². The van der Waals surface area contributed by atoms with Crippen molar-refractivity contribution in [3.63, 3.8) is 0 Å². The number of amides is 1. The summed E-state index contributed by atoms with van der Waals surface area (Å²) in [5.74, 6) is -1.71. The first-order valence-electron chi connectivity index (χ1n) is 15.2. The Morgan fingerprint density at radius 3 is 2.88 bits per heavy atom. The third kappa shape index (κ3) is 4.71. The summed E-state index contributed by atoms with van der Waals surface area (Å²) in [5.41, 5.74) is 5.09. The lowest BCUT2D eigenvalue weighted by molar-refractivity contribution is -0.133. The number of nitrogens with one attached hydrogen (secondary N) is 2. The second-order valence-electron chi connectivity index (χ2n) is 13.0. The third-order valence-corrected chi connectivity index (χ3v) is 10.8. The number of benzene rings is 2. The number of halogens is 2. The van der Waals surface area contributed by atoms with Crippen LogP contribution in [0.15, 0.2) is 42.6 Å². The van der Waals surface area contributed by atoms with Gasteiger partial charge in [-0.05, 0) is 110 Å². The van der Waals surface area contributed by atoms with Gasteiger partial charge in [-0.15, -0.1) is 0 Å². The van der Waals surface area contributed by atoms with Crippen molar-refractivity contribution >= 4 is 16.8 Å². The highest BCUT2D eigenvalue weighted by atomic mass is 19.3. The second kappa shape index (κ2) is 10.5. The highest BCUT2D eigenvalue weighted by Crippen LogP contribution is 2.68. The van der Waals surface area contributed by atoms with Crippen LogP contribution in [-0.2, 0) is 17.6 Å². The van der Waals surface area contributed by atoms with E-state index >= 15 is 8.78 Å². The summed E-state index contributed by atoms with van der Waals surface area (Å²) in [6.45, 7) is 4.53. The smallest absolute Gasteiger partial charge is 0.253 e. The first-order chi connectivity index (χ1) is 19.2. The number of hydrogen-bond acceptors (Lipinski definition) is 2. The fourth-order valence-electron chi connectivity index (χ4n) is 8.77. The molecule has 1 aromatic heterocycles. The number of aromatic amines is 1. The molecule has 2 fully saturated rings. The number of aromatic nitrogens is 1. The summed E-state index contributed by atoms with van der Waals surface area (Å²) in [6.07, 6.45) is 8.68. The predicted molar refractivity (Wildman–Crippen MR) is 155 cm³/mol. The monoisotopic (exact) mass is 548 g/mol. The Labute approximate surface area is 235 Å². The summed E-state index contributed by atoms with van der Waals surface area (Å²) < 4.78 is 31.1. The molecule has 3 aromatic rings. The van der Waals surface area contributed by atoms with Crippen LogP contribution in [0.2, 0.25) is 0 Å². The number of unbranched alkanes of at least 4 members (excludes halogenated alkanes) is 1. The number of aromatic hydroxyl groups is 1. The molecule has 0 radical (unpaired) electrons. The quantitative estimate of drug-likeness (QED) is 0.251. The lowest BCUT2D eigenvalue weighted by Crippen LogP contribution is -2.47. The normalized spacial score (nSPS) is 28.6. The Bertz CT molecular complexity index is 1400. The Balaban J connectivity index is 1.03. The second-order valence-corrected chi connectivity index (χ2v) is 13.0. The molecule has 6 heteroatoms. The molecule has 1 unspecified atom stereocenters. The molecule has 2 aromatic carbocycles. The van der Waals surface area contributed by atoms with E-state index in [1.165, 1.54) is 27.6 Å². The molecule has 0 saturated heterocycles. The van der Waals surface area contributed by atoms with Crippen LogP contribution in [0.25, 0.3) is 10.9 Å². The standard InChI is InChI=1S/C34H42F2N2O2/c1-21-6-5-8-27-24(20-38-32(21)27)15-17-37-30(40)9-4-3-7-23-19-34(35,36)33(2)16-14-28-26-13-11-25(39)18-22(26)10-12-29(28)31(23)33/h5-6,8,11,13,18,20,23,28-29,31,38-39H,3-4,7,9-10,12,14-17,19H2,1-2H3,(H,37,40)/t23?,28-,29-,31+,33+/m1/s1. The zero-order valence-corrected chi connectivity index (χ0v) is 23.7. The molecule has 1 amide bonds. The molecule has 0 bridgehead atoms. The molecular formula is C34H42F2N2O2. The van der Waals surface area contributed by atoms with E-state index in [4.69, 9.17) is 0 Å². The molecule has 1 heterocycles. The summed E-state index contributed by atoms with van der Waals surface area (Å²) in [6, 6.07) is 11.9. The maximum atomic E-state index is 15.5. The summed E-state index contributed by atoms with van der Waals surface area (Å²) in [5, 5.41) is 14.2. The number of carbonyl (C=O) groups is 1. The number of phenols is 1. The van der Waals surface area contributed by atoms with Gasteiger partial charge in [-0.2, -0.15) is 0 Å². The number of alkyl halides is 2. The minimum absolute atomic E-state index is 0.000134. The van der Waals surface area contributed by atoms with Crippen LogP contribution < -0.4 is 5.32 Å². The molecule has 3 aliphatic rings. The minimum atomic E-state index is -2.64. The van der Waals surface area contributed by atoms with Gasteiger partial charge in [0.05, 0.1) is 0 Å². The van der Waals surface area contributed by atoms with Gasteiger partial charge in [-0.3, -0.25) is 4.79 Å². The van der Waals surface area contributed by atoms with E-state index < -0.39 is 11.3 Å². The van der Waals surface area contributed by atoms with Crippen molar-refractivity contribution in [2.24, 2.45) is 23.2 Å². The van der Waals surface area contributed by atoms with E-state index in [1.807, 2.05) is 25.3 Å². The summed E-state index contributed by atoms with van der Waals surface area (Å²) in [7, 11) is 0. The summed E-state index contributed by atoms with van der Waals surface area (Å²) >= 11 is 0. The van der Waals surface area contributed by atoms with Crippen LogP contribution in [0, 0.1) is 30.1 Å². The van der Waals surface area contributed by atoms with Crippen LogP contribution in [0.1, 0.15) is 86.5 Å². The Morgan fingerprint density at radius 2 is 2.02 bits per heavy atom. The molecule has 40 heavy (non-hydrogen) atoms. The Morgan fingerprint density at radius 1 is 1.18 bits per heavy atom. The van der Waals surface area contributed by atoms with E-state index in [-0.39, 0.29) is 30.1 Å². The fraction of sp³-hybridized carbons (Fsp3) is 0.559. The van der Waals surface area contributed by atoms with Gasteiger partial charge in [0.2, 0.25) is 5.91 Å². The molecule has 0 spiro atoms. The molecular weight excluding hydrogens is 506 g/mol. The third-order valence-electron chi connectivity index (χ3n) is 10.8. The number of carbonyl (C=O) groups excluding carboxylic acids is 1. The van der Waals surface area contributed by atoms with Crippen LogP contribution in [0.4, 0.5) is 8.78 Å². The first kappa shape index (κ1) is 27.3. The number of phenolic OH excluding ortho intramolecular Hbond substituents is 1. The van der Waals surface area contributed by atoms with Gasteiger partial charge in [-0.25, -0.2) is 8.78 Å². The number of H-pyrrole nitrogens is 1. The average Bonchev–Trinajstić information content (AvgIpc) is 3.42. The van der Waals surface area contributed by atoms with Crippen molar-refractivity contribution in [1.82, 2.24) is 10.3 Å². The number of para-hydroxylation sites is 1. The molecule has 4 nitrogen and oxygen atoms in total. The molecule has 2 saturated carbocycles. The van der Waals surface area contributed by atoms with Gasteiger partial charge in [0.25, 0.3) is 5.92 Å². The van der Waals surface area contributed by atoms with E-state index in [0.717, 1.165) is 50.5 Å². The van der Waals surface area contributed by atoms with Crippen LogP contribution in [0.5, 0.6) is 5.75 Å². The number of fused-ring (bicyclic) bond motifs is 6. The number of rotatable bonds is 8. The van der Waals surface area contributed by atoms with Gasteiger partial charge in [0.15, 0.2) is 0 Å². The van der Waals surface area contributed by atoms with Gasteiger partial charge in [0.1, 0.15) is 5.75 Å². The van der Waals surface area contributed by atoms with Gasteiger partial charge in [-0.1, -0.05) is 37.6 Å². The summed E-state index contributed by atoms with van der Waals surface area (Å²) in [4.78, 5) is 15.9. The Kier molecular flexibility index (Phi) is 7.16.